The van der Waals surface area contributed by atoms with Crippen LogP contribution in [-0.4, -0.2) is 54.2 Å². The first-order valence-corrected chi connectivity index (χ1v) is 9.12. The number of rotatable bonds is 5. The summed E-state index contributed by atoms with van der Waals surface area (Å²) in [7, 11) is 0. The molecular formula is C19H26N2O5. The van der Waals surface area contributed by atoms with Gasteiger partial charge in [-0.25, -0.2) is 0 Å². The van der Waals surface area contributed by atoms with Crippen LogP contribution in [-0.2, 0) is 9.59 Å². The van der Waals surface area contributed by atoms with E-state index in [0.717, 1.165) is 11.3 Å². The second kappa shape index (κ2) is 7.95. The molecule has 0 bridgehead atoms. The Labute approximate surface area is 153 Å². The standard InChI is InChI=1S/C19H26N2O5/c1-12(15-3-4-16-17(11-15)26-10-9-25-16)20-18(22)13(2)21-7-5-14(6-8-21)19(23)24/h3-4,11-14H,5-10H2,1-2H3,(H,20,22)(H,23,24). The minimum absolute atomic E-state index is 0.0545. The van der Waals surface area contributed by atoms with Crippen molar-refractivity contribution in [2.75, 3.05) is 26.3 Å². The summed E-state index contributed by atoms with van der Waals surface area (Å²) in [4.78, 5) is 25.7. The minimum Gasteiger partial charge on any atom is -0.486 e. The number of nitrogens with one attached hydrogen (secondary N) is 1. The summed E-state index contributed by atoms with van der Waals surface area (Å²) < 4.78 is 11.1. The first-order chi connectivity index (χ1) is 12.5. The van der Waals surface area contributed by atoms with E-state index in [0.29, 0.717) is 44.9 Å². The van der Waals surface area contributed by atoms with Gasteiger partial charge in [0.1, 0.15) is 13.2 Å². The van der Waals surface area contributed by atoms with Crippen molar-refractivity contribution >= 4 is 11.9 Å². The predicted molar refractivity (Wildman–Crippen MR) is 95.4 cm³/mol. The molecule has 7 heteroatoms. The van der Waals surface area contributed by atoms with E-state index in [4.69, 9.17) is 14.6 Å². The number of nitrogens with zero attached hydrogens (tertiary/aromatic N) is 1. The quantitative estimate of drug-likeness (QED) is 0.831. The fraction of sp³-hybridized carbons (Fsp3) is 0.579. The smallest absolute Gasteiger partial charge is 0.306 e. The molecule has 2 unspecified atom stereocenters. The summed E-state index contributed by atoms with van der Waals surface area (Å²) in [5.74, 6) is 0.347. The van der Waals surface area contributed by atoms with Gasteiger partial charge in [-0.3, -0.25) is 14.5 Å². The van der Waals surface area contributed by atoms with E-state index in [1.54, 1.807) is 0 Å². The number of likely N-dealkylation sites (tertiary alicyclic amines) is 1. The first-order valence-electron chi connectivity index (χ1n) is 9.12. The molecule has 3 rings (SSSR count). The SMILES string of the molecule is CC(NC(=O)C(C)N1CCC(C(=O)O)CC1)c1ccc2c(c1)OCCO2. The Morgan fingerprint density at radius 3 is 2.46 bits per heavy atom. The number of hydrogen-bond donors (Lipinski definition) is 2. The van der Waals surface area contributed by atoms with E-state index in [9.17, 15) is 9.59 Å². The van der Waals surface area contributed by atoms with Gasteiger partial charge in [0.25, 0.3) is 0 Å². The van der Waals surface area contributed by atoms with Crippen LogP contribution in [0.2, 0.25) is 0 Å². The third kappa shape index (κ3) is 4.09. The molecule has 142 valence electrons. The molecule has 2 atom stereocenters. The van der Waals surface area contributed by atoms with Crippen molar-refractivity contribution in [2.45, 2.75) is 38.8 Å². The van der Waals surface area contributed by atoms with Gasteiger partial charge in [-0.1, -0.05) is 6.07 Å². The summed E-state index contributed by atoms with van der Waals surface area (Å²) in [6.45, 7) is 6.14. The lowest BCUT2D eigenvalue weighted by atomic mass is 9.96. The van der Waals surface area contributed by atoms with Gasteiger partial charge in [0.05, 0.1) is 18.0 Å². The fourth-order valence-corrected chi connectivity index (χ4v) is 3.45. The maximum absolute atomic E-state index is 12.6. The molecule has 0 aromatic heterocycles. The highest BCUT2D eigenvalue weighted by atomic mass is 16.6. The maximum atomic E-state index is 12.6. The number of benzene rings is 1. The number of ether oxygens (including phenoxy) is 2. The number of carboxylic acids is 1. The van der Waals surface area contributed by atoms with Crippen molar-refractivity contribution < 1.29 is 24.2 Å². The highest BCUT2D eigenvalue weighted by molar-refractivity contribution is 5.81. The molecule has 2 aliphatic rings. The topological polar surface area (TPSA) is 88.1 Å². The minimum atomic E-state index is -0.742. The number of fused-ring (bicyclic) bond motifs is 1. The molecule has 0 radical (unpaired) electrons. The van der Waals surface area contributed by atoms with E-state index in [2.05, 4.69) is 5.32 Å². The van der Waals surface area contributed by atoms with Crippen molar-refractivity contribution in [1.29, 1.82) is 0 Å². The molecule has 0 saturated carbocycles. The van der Waals surface area contributed by atoms with E-state index >= 15 is 0 Å². The zero-order valence-corrected chi connectivity index (χ0v) is 15.2. The van der Waals surface area contributed by atoms with Gasteiger partial charge in [0, 0.05) is 0 Å². The lowest BCUT2D eigenvalue weighted by Gasteiger charge is -2.34. The number of carbonyl (C=O) groups is 2. The Hall–Kier alpha value is -2.28. The van der Waals surface area contributed by atoms with Crippen molar-refractivity contribution in [3.05, 3.63) is 23.8 Å². The van der Waals surface area contributed by atoms with Crippen LogP contribution >= 0.6 is 0 Å². The molecule has 26 heavy (non-hydrogen) atoms. The average molecular weight is 362 g/mol. The number of carboxylic acid groups (broad SMARTS) is 1. The first kappa shape index (κ1) is 18.5. The second-order valence-corrected chi connectivity index (χ2v) is 6.96. The van der Waals surface area contributed by atoms with Gasteiger partial charge in [0.15, 0.2) is 11.5 Å². The van der Waals surface area contributed by atoms with Crippen LogP contribution in [0, 0.1) is 5.92 Å². The van der Waals surface area contributed by atoms with Crippen LogP contribution in [0.3, 0.4) is 0 Å². The van der Waals surface area contributed by atoms with Crippen molar-refractivity contribution in [3.8, 4) is 11.5 Å². The van der Waals surface area contributed by atoms with Crippen LogP contribution < -0.4 is 14.8 Å². The molecule has 1 amide bonds. The van der Waals surface area contributed by atoms with E-state index in [-0.39, 0.29) is 23.9 Å². The zero-order valence-electron chi connectivity index (χ0n) is 15.2. The molecule has 7 nitrogen and oxygen atoms in total. The molecule has 2 N–H and O–H groups in total. The van der Waals surface area contributed by atoms with Crippen LogP contribution in [0.5, 0.6) is 11.5 Å². The highest BCUT2D eigenvalue weighted by Gasteiger charge is 2.30. The van der Waals surface area contributed by atoms with Crippen molar-refractivity contribution in [2.24, 2.45) is 5.92 Å². The number of aliphatic carboxylic acids is 1. The summed E-state index contributed by atoms with van der Waals surface area (Å²) in [5, 5.41) is 12.1. The van der Waals surface area contributed by atoms with E-state index < -0.39 is 5.97 Å². The third-order valence-electron chi connectivity index (χ3n) is 5.23. The molecule has 1 fully saturated rings. The summed E-state index contributed by atoms with van der Waals surface area (Å²) >= 11 is 0. The van der Waals surface area contributed by atoms with Crippen LogP contribution in [0.15, 0.2) is 18.2 Å². The Morgan fingerprint density at radius 1 is 1.15 bits per heavy atom. The van der Waals surface area contributed by atoms with Crippen LogP contribution in [0.4, 0.5) is 0 Å². The zero-order chi connectivity index (χ0) is 18.7. The van der Waals surface area contributed by atoms with Gasteiger partial charge in [-0.2, -0.15) is 0 Å². The lowest BCUT2D eigenvalue weighted by Crippen LogP contribution is -2.49. The Morgan fingerprint density at radius 2 is 1.81 bits per heavy atom. The van der Waals surface area contributed by atoms with Gasteiger partial charge in [-0.05, 0) is 57.5 Å². The van der Waals surface area contributed by atoms with Gasteiger partial charge < -0.3 is 19.9 Å². The summed E-state index contributed by atoms with van der Waals surface area (Å²) in [6, 6.07) is 5.26. The van der Waals surface area contributed by atoms with E-state index in [1.165, 1.54) is 0 Å². The summed E-state index contributed by atoms with van der Waals surface area (Å²) in [6.07, 6.45) is 1.18. The van der Waals surface area contributed by atoms with Crippen molar-refractivity contribution in [3.63, 3.8) is 0 Å². The highest BCUT2D eigenvalue weighted by Crippen LogP contribution is 2.32. The average Bonchev–Trinajstić information content (AvgIpc) is 2.67. The number of amides is 1. The molecule has 1 saturated heterocycles. The number of hydrogen-bond acceptors (Lipinski definition) is 5. The van der Waals surface area contributed by atoms with Crippen LogP contribution in [0.25, 0.3) is 0 Å². The Kier molecular flexibility index (Phi) is 5.66. The van der Waals surface area contributed by atoms with Crippen LogP contribution in [0.1, 0.15) is 38.3 Å². The molecule has 1 aromatic rings. The third-order valence-corrected chi connectivity index (χ3v) is 5.23. The molecule has 0 aliphatic carbocycles. The molecule has 2 heterocycles. The predicted octanol–water partition coefficient (Wildman–Crippen LogP) is 1.82. The Bertz CT molecular complexity index is 670. The lowest BCUT2D eigenvalue weighted by molar-refractivity contribution is -0.143. The Balaban J connectivity index is 1.56. The molecule has 2 aliphatic heterocycles. The van der Waals surface area contributed by atoms with Crippen molar-refractivity contribution in [1.82, 2.24) is 10.2 Å². The fourth-order valence-electron chi connectivity index (χ4n) is 3.45. The van der Waals surface area contributed by atoms with E-state index in [1.807, 2.05) is 36.9 Å². The second-order valence-electron chi connectivity index (χ2n) is 6.96. The van der Waals surface area contributed by atoms with Gasteiger partial charge >= 0.3 is 5.97 Å². The van der Waals surface area contributed by atoms with Gasteiger partial charge in [0.2, 0.25) is 5.91 Å². The van der Waals surface area contributed by atoms with Gasteiger partial charge in [-0.15, -0.1) is 0 Å². The largest absolute Gasteiger partial charge is 0.486 e. The number of piperidine rings is 1. The molecule has 0 spiro atoms. The number of carbonyl (C=O) groups excluding carboxylic acids is 1. The maximum Gasteiger partial charge on any atom is 0.306 e. The molecule has 1 aromatic carbocycles. The summed E-state index contributed by atoms with van der Waals surface area (Å²) in [5.41, 5.74) is 0.958. The molecular weight excluding hydrogens is 336 g/mol. The normalized spacial score (nSPS) is 20.2. The monoisotopic (exact) mass is 362 g/mol.